The summed E-state index contributed by atoms with van der Waals surface area (Å²) in [5.74, 6) is -0.720. The Balaban J connectivity index is 0.00000242. The van der Waals surface area contributed by atoms with E-state index in [0.717, 1.165) is 0 Å². The van der Waals surface area contributed by atoms with Crippen molar-refractivity contribution in [2.45, 2.75) is 18.2 Å². The molecule has 0 spiro atoms. The molecule has 1 aliphatic heterocycles. The molecule has 1 heterocycles. The minimum absolute atomic E-state index is 0. The first kappa shape index (κ1) is 19.2. The maximum atomic E-state index is 12.6. The first-order valence-electron chi connectivity index (χ1n) is 6.49. The summed E-state index contributed by atoms with van der Waals surface area (Å²) in [5, 5.41) is 0.158. The van der Waals surface area contributed by atoms with Gasteiger partial charge in [0, 0.05) is 23.7 Å². The van der Waals surface area contributed by atoms with Crippen LogP contribution in [-0.4, -0.2) is 38.3 Å². The summed E-state index contributed by atoms with van der Waals surface area (Å²) in [5.41, 5.74) is 10.7. The minimum Gasteiger partial charge on any atom is -0.366 e. The predicted molar refractivity (Wildman–Crippen MR) is 87.8 cm³/mol. The van der Waals surface area contributed by atoms with Gasteiger partial charge in [-0.2, -0.15) is 4.31 Å². The molecule has 22 heavy (non-hydrogen) atoms. The van der Waals surface area contributed by atoms with Crippen molar-refractivity contribution in [3.63, 3.8) is 0 Å². The monoisotopic (exact) mass is 367 g/mol. The number of rotatable bonds is 4. The van der Waals surface area contributed by atoms with E-state index in [2.05, 4.69) is 0 Å². The van der Waals surface area contributed by atoms with E-state index in [1.807, 2.05) is 6.92 Å². The van der Waals surface area contributed by atoms with Crippen LogP contribution in [0.1, 0.15) is 23.7 Å². The third kappa shape index (κ3) is 3.72. The van der Waals surface area contributed by atoms with Crippen LogP contribution in [0.3, 0.4) is 0 Å². The van der Waals surface area contributed by atoms with Gasteiger partial charge in [0.1, 0.15) is 0 Å². The summed E-state index contributed by atoms with van der Waals surface area (Å²) in [6.45, 7) is 3.12. The lowest BCUT2D eigenvalue weighted by Crippen LogP contribution is -2.34. The number of nitrogens with two attached hydrogens (primary N) is 2. The fourth-order valence-electron chi connectivity index (χ4n) is 2.35. The summed E-state index contributed by atoms with van der Waals surface area (Å²) in [7, 11) is -3.71. The molecule has 1 unspecified atom stereocenters. The highest BCUT2D eigenvalue weighted by Gasteiger charge is 2.39. The highest BCUT2D eigenvalue weighted by molar-refractivity contribution is 7.89. The van der Waals surface area contributed by atoms with E-state index >= 15 is 0 Å². The largest absolute Gasteiger partial charge is 0.366 e. The van der Waals surface area contributed by atoms with Gasteiger partial charge in [-0.1, -0.05) is 18.5 Å². The van der Waals surface area contributed by atoms with Gasteiger partial charge in [0.25, 0.3) is 0 Å². The van der Waals surface area contributed by atoms with Crippen LogP contribution >= 0.6 is 24.0 Å². The Bertz CT molecular complexity index is 681. The molecule has 4 N–H and O–H groups in total. The van der Waals surface area contributed by atoms with Crippen LogP contribution in [0.15, 0.2) is 23.1 Å². The summed E-state index contributed by atoms with van der Waals surface area (Å²) in [4.78, 5) is 11.2. The minimum atomic E-state index is -3.71. The van der Waals surface area contributed by atoms with Crippen molar-refractivity contribution >= 4 is 39.9 Å². The number of carbonyl (C=O) groups is 1. The molecule has 6 nitrogen and oxygen atoms in total. The number of amides is 1. The van der Waals surface area contributed by atoms with Crippen LogP contribution in [0.25, 0.3) is 0 Å². The second kappa shape index (κ2) is 6.72. The first-order valence-corrected chi connectivity index (χ1v) is 8.30. The lowest BCUT2D eigenvalue weighted by molar-refractivity contribution is 0.1000. The highest BCUT2D eigenvalue weighted by atomic mass is 35.5. The van der Waals surface area contributed by atoms with E-state index in [4.69, 9.17) is 23.1 Å². The summed E-state index contributed by atoms with van der Waals surface area (Å²) in [6, 6.07) is 3.92. The van der Waals surface area contributed by atoms with Crippen LogP contribution in [0.2, 0.25) is 5.02 Å². The fraction of sp³-hybridized carbons (Fsp3) is 0.462. The number of benzene rings is 1. The molecule has 2 rings (SSSR count). The van der Waals surface area contributed by atoms with Gasteiger partial charge in [0.2, 0.25) is 15.9 Å². The average Bonchev–Trinajstić information content (AvgIpc) is 2.82. The highest BCUT2D eigenvalue weighted by Crippen LogP contribution is 2.33. The Morgan fingerprint density at radius 1 is 1.41 bits per heavy atom. The zero-order chi connectivity index (χ0) is 15.8. The lowest BCUT2D eigenvalue weighted by Gasteiger charge is -2.22. The van der Waals surface area contributed by atoms with Gasteiger partial charge in [-0.25, -0.2) is 8.42 Å². The molecule has 0 radical (unpaired) electrons. The normalized spacial score (nSPS) is 22.3. The molecule has 0 aliphatic carbocycles. The fourth-order valence-corrected chi connectivity index (χ4v) is 4.32. The van der Waals surface area contributed by atoms with Crippen LogP contribution in [0.5, 0.6) is 0 Å². The molecule has 9 heteroatoms. The Hall–Kier alpha value is -0.860. The summed E-state index contributed by atoms with van der Waals surface area (Å²) in [6.07, 6.45) is 0.700. The van der Waals surface area contributed by atoms with E-state index in [9.17, 15) is 13.2 Å². The number of nitrogens with zero attached hydrogens (tertiary/aromatic N) is 1. The van der Waals surface area contributed by atoms with Gasteiger partial charge in [-0.3, -0.25) is 4.79 Å². The van der Waals surface area contributed by atoms with Crippen LogP contribution < -0.4 is 11.5 Å². The summed E-state index contributed by atoms with van der Waals surface area (Å²) < 4.78 is 26.7. The van der Waals surface area contributed by atoms with Crippen molar-refractivity contribution in [1.29, 1.82) is 0 Å². The zero-order valence-electron chi connectivity index (χ0n) is 12.1. The van der Waals surface area contributed by atoms with E-state index in [1.165, 1.54) is 22.5 Å². The summed E-state index contributed by atoms with van der Waals surface area (Å²) >= 11 is 5.88. The molecule has 1 aliphatic rings. The van der Waals surface area contributed by atoms with E-state index in [0.29, 0.717) is 26.1 Å². The van der Waals surface area contributed by atoms with E-state index in [-0.39, 0.29) is 33.3 Å². The lowest BCUT2D eigenvalue weighted by atomic mass is 9.90. The molecule has 1 aromatic rings. The Labute approximate surface area is 141 Å². The molecule has 1 atom stereocenters. The van der Waals surface area contributed by atoms with Gasteiger partial charge in [0.15, 0.2) is 0 Å². The Morgan fingerprint density at radius 3 is 2.55 bits per heavy atom. The third-order valence-electron chi connectivity index (χ3n) is 3.81. The smallest absolute Gasteiger partial charge is 0.248 e. The van der Waals surface area contributed by atoms with Gasteiger partial charge >= 0.3 is 0 Å². The number of sulfonamides is 1. The Kier molecular flexibility index (Phi) is 5.86. The molecular weight excluding hydrogens is 349 g/mol. The molecule has 0 bridgehead atoms. The van der Waals surface area contributed by atoms with Gasteiger partial charge in [-0.05, 0) is 36.6 Å². The van der Waals surface area contributed by atoms with Crippen LogP contribution in [0.4, 0.5) is 0 Å². The number of primary amides is 1. The SMILES string of the molecule is CC1(CN)CCN(S(=O)(=O)c2cc(Cl)cc(C(N)=O)c2)C1.Cl. The molecule has 1 aromatic carbocycles. The topological polar surface area (TPSA) is 106 Å². The molecule has 124 valence electrons. The quantitative estimate of drug-likeness (QED) is 0.833. The number of carbonyl (C=O) groups excluding carboxylic acids is 1. The second-order valence-corrected chi connectivity index (χ2v) is 8.02. The van der Waals surface area contributed by atoms with E-state index in [1.54, 1.807) is 0 Å². The van der Waals surface area contributed by atoms with E-state index < -0.39 is 15.9 Å². The van der Waals surface area contributed by atoms with Crippen molar-refractivity contribution in [3.05, 3.63) is 28.8 Å². The zero-order valence-corrected chi connectivity index (χ0v) is 14.5. The number of hydrogen-bond donors (Lipinski definition) is 2. The van der Waals surface area contributed by atoms with Crippen LogP contribution in [0, 0.1) is 5.41 Å². The molecule has 1 saturated heterocycles. The van der Waals surface area contributed by atoms with Gasteiger partial charge in [-0.15, -0.1) is 12.4 Å². The van der Waals surface area contributed by atoms with Crippen molar-refractivity contribution < 1.29 is 13.2 Å². The molecule has 1 fully saturated rings. The maximum Gasteiger partial charge on any atom is 0.248 e. The maximum absolute atomic E-state index is 12.6. The molecular formula is C13H19Cl2N3O3S. The molecule has 1 amide bonds. The van der Waals surface area contributed by atoms with Gasteiger partial charge in [0.05, 0.1) is 4.90 Å². The Morgan fingerprint density at radius 2 is 2.05 bits per heavy atom. The van der Waals surface area contributed by atoms with Crippen molar-refractivity contribution in [2.75, 3.05) is 19.6 Å². The van der Waals surface area contributed by atoms with Crippen molar-refractivity contribution in [3.8, 4) is 0 Å². The third-order valence-corrected chi connectivity index (χ3v) is 5.85. The number of halogens is 2. The molecule has 0 aromatic heterocycles. The molecule has 0 saturated carbocycles. The van der Waals surface area contributed by atoms with Crippen molar-refractivity contribution in [1.82, 2.24) is 4.31 Å². The van der Waals surface area contributed by atoms with Gasteiger partial charge < -0.3 is 11.5 Å². The second-order valence-electron chi connectivity index (χ2n) is 5.64. The first-order chi connectivity index (χ1) is 9.68. The van der Waals surface area contributed by atoms with Crippen molar-refractivity contribution in [2.24, 2.45) is 16.9 Å². The standard InChI is InChI=1S/C13H18ClN3O3S.ClH/c1-13(7-15)2-3-17(8-13)21(19,20)11-5-9(12(16)18)4-10(14)6-11;/h4-6H,2-3,7-8,15H2,1H3,(H2,16,18);1H. The number of hydrogen-bond acceptors (Lipinski definition) is 4. The predicted octanol–water partition coefficient (Wildman–Crippen LogP) is 1.22. The van der Waals surface area contributed by atoms with Crippen LogP contribution in [-0.2, 0) is 10.0 Å². The average molecular weight is 368 g/mol.